The monoisotopic (exact) mass is 1220 g/mol. The maximum atomic E-state index is 7.26. The van der Waals surface area contributed by atoms with Crippen molar-refractivity contribution in [3.63, 3.8) is 0 Å². The minimum atomic E-state index is -0.824. The Morgan fingerprint density at radius 1 is 0.422 bits per heavy atom. The van der Waals surface area contributed by atoms with Gasteiger partial charge in [-0.25, -0.2) is 9.97 Å². The van der Waals surface area contributed by atoms with E-state index in [-0.39, 0.29) is 5.41 Å². The molecule has 10 aromatic carbocycles. The van der Waals surface area contributed by atoms with Crippen LogP contribution in [0.15, 0.2) is 267 Å². The van der Waals surface area contributed by atoms with Crippen molar-refractivity contribution in [1.29, 1.82) is 0 Å². The van der Waals surface area contributed by atoms with Gasteiger partial charge in [-0.3, -0.25) is 0 Å². The number of benzene rings is 10. The number of hydrogen-bond donors (Lipinski definition) is 2. The highest BCUT2D eigenvalue weighted by Gasteiger charge is 2.39. The summed E-state index contributed by atoms with van der Waals surface area (Å²) in [5, 5.41) is 16.3. The van der Waals surface area contributed by atoms with Crippen LogP contribution in [0, 0.1) is 0 Å². The number of rotatable bonds is 10. The van der Waals surface area contributed by atoms with Crippen molar-refractivity contribution < 1.29 is 4.74 Å². The van der Waals surface area contributed by atoms with Crippen LogP contribution in [0.2, 0.25) is 25.2 Å². The minimum absolute atomic E-state index is 0.225. The van der Waals surface area contributed by atoms with Gasteiger partial charge < -0.3 is 15.8 Å². The highest BCUT2D eigenvalue weighted by atomic mass is 35.5. The lowest BCUT2D eigenvalue weighted by atomic mass is 9.76. The van der Waals surface area contributed by atoms with E-state index in [1.807, 2.05) is 103 Å². The number of nitrogens with one attached hydrogen (secondary N) is 1. The van der Waals surface area contributed by atoms with E-state index in [9.17, 15) is 0 Å². The Hall–Kier alpha value is -7.11. The molecule has 83 heavy (non-hydrogen) atoms. The predicted molar refractivity (Wildman–Crippen MR) is 359 cm³/mol. The zero-order chi connectivity index (χ0) is 57.7. The molecular weight excluding hydrogens is 1160 g/mol. The van der Waals surface area contributed by atoms with Crippen LogP contribution in [0.5, 0.6) is 11.5 Å². The fourth-order valence-electron chi connectivity index (χ4n) is 9.75. The fraction of sp³-hybridized carbons (Fsp3) is 0.0704. The third-order valence-electron chi connectivity index (χ3n) is 13.9. The molecular formula is C71H57Cl5N4OP2. The standard InChI is InChI=1S/C39H32OP2.C16H12Cl2N2.C9H5Cl2N.C7H8ClN/c1-39(2)33-25-15-27-35(41(29-17-7-3-8-18-29)30-19-9-4-10-20-30)37(33)40-38-34(39)26-16-28-36(38)42(31-21-11-5-12-22-31)32-23-13-6-14-24-32;17-12-7-5-11(6-8-12)10-19-16-9-14(18)13-3-1-2-4-15(13)20-16;10-7-5-9(11)12-8-4-2-1-3-6(7)8;8-7-3-1-6(5-9)2-4-7/h3-28H,1-2H3;1-9H,10H2,(H,19,20);1-5H;1-4H,5,9H2. The van der Waals surface area contributed by atoms with Crippen LogP contribution in [0.4, 0.5) is 5.82 Å². The molecule has 0 bridgehead atoms. The largest absolute Gasteiger partial charge is 0.455 e. The summed E-state index contributed by atoms with van der Waals surface area (Å²) in [6, 6.07) is 91.3. The summed E-state index contributed by atoms with van der Waals surface area (Å²) >= 11 is 29.4. The molecule has 3 heterocycles. The first-order valence-corrected chi connectivity index (χ1v) is 31.5. The minimum Gasteiger partial charge on any atom is -0.455 e. The van der Waals surface area contributed by atoms with E-state index in [2.05, 4.69) is 187 Å². The van der Waals surface area contributed by atoms with Gasteiger partial charge in [0, 0.05) is 61.1 Å². The molecule has 1 aliphatic rings. The SMILES string of the molecule is CC1(C)c2cccc(P(c3ccccc3)c3ccccc3)c2Oc2c(P(c3ccccc3)c3ccccc3)cccc21.Clc1cc(Cl)c2ccccc2n1.Clc1ccc(CNc2cc(Cl)c3ccccc3n2)cc1.NCc1ccc(Cl)cc1. The quantitative estimate of drug-likeness (QED) is 0.105. The maximum absolute atomic E-state index is 7.26. The number of aromatic nitrogens is 2. The highest BCUT2D eigenvalue weighted by molar-refractivity contribution is 7.80. The molecule has 0 amide bonds. The molecule has 0 atom stereocenters. The molecule has 0 saturated heterocycles. The van der Waals surface area contributed by atoms with E-state index < -0.39 is 15.8 Å². The molecule has 0 saturated carbocycles. The van der Waals surface area contributed by atoms with Gasteiger partial charge in [-0.05, 0) is 96.7 Å². The molecule has 12 heteroatoms. The first-order chi connectivity index (χ1) is 40.4. The Morgan fingerprint density at radius 3 is 1.24 bits per heavy atom. The van der Waals surface area contributed by atoms with Gasteiger partial charge in [-0.1, -0.05) is 290 Å². The van der Waals surface area contributed by atoms with Gasteiger partial charge in [0.2, 0.25) is 0 Å². The zero-order valence-electron chi connectivity index (χ0n) is 45.5. The summed E-state index contributed by atoms with van der Waals surface area (Å²) in [5.41, 5.74) is 11.6. The number of hydrogen-bond acceptors (Lipinski definition) is 5. The fourth-order valence-corrected chi connectivity index (χ4v) is 15.6. The lowest BCUT2D eigenvalue weighted by molar-refractivity contribution is 0.425. The number of pyridine rings is 2. The Kier molecular flexibility index (Phi) is 19.9. The number of anilines is 1. The Labute approximate surface area is 513 Å². The van der Waals surface area contributed by atoms with Crippen molar-refractivity contribution in [1.82, 2.24) is 9.97 Å². The summed E-state index contributed by atoms with van der Waals surface area (Å²) < 4.78 is 7.26. The van der Waals surface area contributed by atoms with Crippen LogP contribution >= 0.6 is 73.8 Å². The first kappa shape index (κ1) is 59.1. The molecule has 0 radical (unpaired) electrons. The Morgan fingerprint density at radius 2 is 0.807 bits per heavy atom. The van der Waals surface area contributed by atoms with Crippen LogP contribution in [0.1, 0.15) is 36.1 Å². The van der Waals surface area contributed by atoms with Crippen molar-refractivity contribution in [2.24, 2.45) is 5.73 Å². The second-order valence-electron chi connectivity index (χ2n) is 19.8. The molecule has 2 aromatic heterocycles. The van der Waals surface area contributed by atoms with Gasteiger partial charge in [0.25, 0.3) is 0 Å². The van der Waals surface area contributed by atoms with E-state index >= 15 is 0 Å². The van der Waals surface area contributed by atoms with Crippen LogP contribution in [-0.2, 0) is 18.5 Å². The van der Waals surface area contributed by atoms with Gasteiger partial charge >= 0.3 is 0 Å². The summed E-state index contributed by atoms with van der Waals surface area (Å²) in [4.78, 5) is 8.66. The Bertz CT molecular complexity index is 3880. The number of halogens is 5. The van der Waals surface area contributed by atoms with Crippen LogP contribution in [0.3, 0.4) is 0 Å². The molecule has 0 spiro atoms. The second-order valence-corrected chi connectivity index (χ2v) is 26.3. The number of nitrogens with zero attached hydrogens (tertiary/aromatic N) is 2. The summed E-state index contributed by atoms with van der Waals surface area (Å²) in [7, 11) is -1.65. The van der Waals surface area contributed by atoms with Gasteiger partial charge in [0.15, 0.2) is 0 Å². The maximum Gasteiger partial charge on any atom is 0.139 e. The van der Waals surface area contributed by atoms with E-state index in [1.54, 1.807) is 6.07 Å². The third kappa shape index (κ3) is 14.5. The number of ether oxygens (including phenoxy) is 1. The van der Waals surface area contributed by atoms with Crippen molar-refractivity contribution in [2.75, 3.05) is 5.32 Å². The molecule has 12 aromatic rings. The predicted octanol–water partition coefficient (Wildman–Crippen LogP) is 18.1. The normalized spacial score (nSPS) is 11.9. The molecule has 3 N–H and O–H groups in total. The van der Waals surface area contributed by atoms with Crippen molar-refractivity contribution in [2.45, 2.75) is 32.4 Å². The Balaban J connectivity index is 0.000000153. The second kappa shape index (κ2) is 28.0. The molecule has 1 aliphatic heterocycles. The molecule has 13 rings (SSSR count). The van der Waals surface area contributed by atoms with Crippen molar-refractivity contribution >= 4 is 133 Å². The van der Waals surface area contributed by atoms with Crippen LogP contribution in [0.25, 0.3) is 21.8 Å². The van der Waals surface area contributed by atoms with Gasteiger partial charge in [-0.2, -0.15) is 0 Å². The number of nitrogens with two attached hydrogens (primary N) is 1. The number of para-hydroxylation sites is 4. The number of fused-ring (bicyclic) bond motifs is 4. The van der Waals surface area contributed by atoms with Crippen molar-refractivity contribution in [3.8, 4) is 11.5 Å². The zero-order valence-corrected chi connectivity index (χ0v) is 51.1. The topological polar surface area (TPSA) is 73.1 Å². The van der Waals surface area contributed by atoms with Gasteiger partial charge in [-0.15, -0.1) is 0 Å². The van der Waals surface area contributed by atoms with E-state index in [1.165, 1.54) is 43.0 Å². The molecule has 0 aliphatic carbocycles. The summed E-state index contributed by atoms with van der Waals surface area (Å²) in [6.45, 7) is 5.96. The molecule has 0 unspecified atom stereocenters. The highest BCUT2D eigenvalue weighted by Crippen LogP contribution is 2.52. The van der Waals surface area contributed by atoms with Crippen LogP contribution < -0.4 is 47.6 Å². The van der Waals surface area contributed by atoms with Gasteiger partial charge in [0.05, 0.1) is 21.1 Å². The average Bonchev–Trinajstić information content (AvgIpc) is 3.61. The molecule has 412 valence electrons. The first-order valence-electron chi connectivity index (χ1n) is 26.9. The van der Waals surface area contributed by atoms with E-state index in [4.69, 9.17) is 68.5 Å². The lowest BCUT2D eigenvalue weighted by Crippen LogP contribution is -2.32. The van der Waals surface area contributed by atoms with Crippen molar-refractivity contribution in [3.05, 3.63) is 314 Å². The average molecular weight is 1220 g/mol. The van der Waals surface area contributed by atoms with E-state index in [0.717, 1.165) is 60.3 Å². The smallest absolute Gasteiger partial charge is 0.139 e. The molecule has 5 nitrogen and oxygen atoms in total. The summed E-state index contributed by atoms with van der Waals surface area (Å²) in [5.74, 6) is 2.79. The third-order valence-corrected chi connectivity index (χ3v) is 20.2. The van der Waals surface area contributed by atoms with Gasteiger partial charge in [0.1, 0.15) is 22.5 Å². The van der Waals surface area contributed by atoms with E-state index in [0.29, 0.717) is 28.3 Å². The van der Waals surface area contributed by atoms with Crippen LogP contribution in [-0.4, -0.2) is 9.97 Å². The lowest BCUT2D eigenvalue weighted by Gasteiger charge is -2.38. The molecule has 0 fully saturated rings. The summed E-state index contributed by atoms with van der Waals surface area (Å²) in [6.07, 6.45) is 0.